The van der Waals surface area contributed by atoms with E-state index < -0.39 is 6.04 Å². The SMILES string of the molecule is CCC(C)NC(=O)C(C)NC(=O)C1CCCCN1C(C)C. The van der Waals surface area contributed by atoms with Crippen molar-refractivity contribution in [1.29, 1.82) is 0 Å². The standard InChI is InChI=1S/C16H31N3O2/c1-6-12(4)17-15(20)13(5)18-16(21)14-9-7-8-10-19(14)11(2)3/h11-14H,6-10H2,1-5H3,(H,17,20)(H,18,21). The first kappa shape index (κ1) is 18.0. The summed E-state index contributed by atoms with van der Waals surface area (Å²) >= 11 is 0. The molecule has 1 aliphatic rings. The normalized spacial score (nSPS) is 22.7. The quantitative estimate of drug-likeness (QED) is 0.784. The van der Waals surface area contributed by atoms with Gasteiger partial charge in [-0.1, -0.05) is 13.3 Å². The van der Waals surface area contributed by atoms with Crippen LogP contribution in [0.4, 0.5) is 0 Å². The molecular formula is C16H31N3O2. The molecule has 1 rings (SSSR count). The van der Waals surface area contributed by atoms with Gasteiger partial charge >= 0.3 is 0 Å². The van der Waals surface area contributed by atoms with E-state index in [0.717, 1.165) is 32.2 Å². The molecule has 1 fully saturated rings. The zero-order valence-corrected chi connectivity index (χ0v) is 14.1. The largest absolute Gasteiger partial charge is 0.352 e. The van der Waals surface area contributed by atoms with Crippen LogP contribution in [0.1, 0.15) is 60.3 Å². The van der Waals surface area contributed by atoms with E-state index in [0.29, 0.717) is 6.04 Å². The molecule has 5 nitrogen and oxygen atoms in total. The highest BCUT2D eigenvalue weighted by molar-refractivity contribution is 5.89. The molecule has 2 N–H and O–H groups in total. The van der Waals surface area contributed by atoms with Crippen molar-refractivity contribution in [2.75, 3.05) is 6.54 Å². The Morgan fingerprint density at radius 3 is 2.38 bits per heavy atom. The molecule has 5 heteroatoms. The molecule has 21 heavy (non-hydrogen) atoms. The second kappa shape index (κ2) is 8.37. The number of carbonyl (C=O) groups is 2. The molecule has 0 radical (unpaired) electrons. The topological polar surface area (TPSA) is 61.4 Å². The van der Waals surface area contributed by atoms with Crippen LogP contribution in [-0.4, -0.2) is 47.4 Å². The number of carbonyl (C=O) groups excluding carboxylic acids is 2. The molecule has 0 aromatic rings. The van der Waals surface area contributed by atoms with E-state index in [2.05, 4.69) is 29.4 Å². The molecule has 122 valence electrons. The first-order valence-electron chi connectivity index (χ1n) is 8.23. The number of hydrogen-bond donors (Lipinski definition) is 2. The van der Waals surface area contributed by atoms with Crippen LogP contribution in [0.25, 0.3) is 0 Å². The lowest BCUT2D eigenvalue weighted by Crippen LogP contribution is -2.56. The summed E-state index contributed by atoms with van der Waals surface area (Å²) in [5.74, 6) is -0.125. The summed E-state index contributed by atoms with van der Waals surface area (Å²) < 4.78 is 0. The van der Waals surface area contributed by atoms with Gasteiger partial charge in [0.2, 0.25) is 11.8 Å². The van der Waals surface area contributed by atoms with Crippen molar-refractivity contribution in [3.05, 3.63) is 0 Å². The van der Waals surface area contributed by atoms with Crippen LogP contribution >= 0.6 is 0 Å². The van der Waals surface area contributed by atoms with E-state index in [1.54, 1.807) is 6.92 Å². The first-order valence-corrected chi connectivity index (χ1v) is 8.23. The molecule has 3 atom stereocenters. The van der Waals surface area contributed by atoms with Crippen molar-refractivity contribution < 1.29 is 9.59 Å². The van der Waals surface area contributed by atoms with Gasteiger partial charge in [0.15, 0.2) is 0 Å². The van der Waals surface area contributed by atoms with E-state index in [1.807, 2.05) is 13.8 Å². The number of nitrogens with zero attached hydrogens (tertiary/aromatic N) is 1. The van der Waals surface area contributed by atoms with Gasteiger partial charge in [0, 0.05) is 12.1 Å². The number of nitrogens with one attached hydrogen (secondary N) is 2. The summed E-state index contributed by atoms with van der Waals surface area (Å²) in [6.07, 6.45) is 3.99. The highest BCUT2D eigenvalue weighted by Crippen LogP contribution is 2.19. The predicted molar refractivity (Wildman–Crippen MR) is 85.0 cm³/mol. The zero-order chi connectivity index (χ0) is 16.0. The van der Waals surface area contributed by atoms with Gasteiger partial charge in [0.25, 0.3) is 0 Å². The fourth-order valence-corrected chi connectivity index (χ4v) is 2.70. The first-order chi connectivity index (χ1) is 9.86. The molecule has 0 saturated carbocycles. The van der Waals surface area contributed by atoms with E-state index in [9.17, 15) is 9.59 Å². The van der Waals surface area contributed by atoms with Crippen LogP contribution < -0.4 is 10.6 Å². The summed E-state index contributed by atoms with van der Waals surface area (Å²) in [4.78, 5) is 26.7. The number of piperidine rings is 1. The van der Waals surface area contributed by atoms with Crippen LogP contribution in [0.2, 0.25) is 0 Å². The second-order valence-electron chi connectivity index (χ2n) is 6.39. The van der Waals surface area contributed by atoms with Gasteiger partial charge in [-0.25, -0.2) is 0 Å². The summed E-state index contributed by atoms with van der Waals surface area (Å²) in [5.41, 5.74) is 0. The Labute approximate surface area is 128 Å². The smallest absolute Gasteiger partial charge is 0.242 e. The number of rotatable bonds is 6. The van der Waals surface area contributed by atoms with Crippen molar-refractivity contribution in [1.82, 2.24) is 15.5 Å². The van der Waals surface area contributed by atoms with E-state index in [-0.39, 0.29) is 23.9 Å². The fourth-order valence-electron chi connectivity index (χ4n) is 2.70. The number of hydrogen-bond acceptors (Lipinski definition) is 3. The average molecular weight is 297 g/mol. The third-order valence-electron chi connectivity index (χ3n) is 4.26. The minimum Gasteiger partial charge on any atom is -0.352 e. The Bertz CT molecular complexity index is 357. The predicted octanol–water partition coefficient (Wildman–Crippen LogP) is 1.67. The van der Waals surface area contributed by atoms with Gasteiger partial charge in [-0.15, -0.1) is 0 Å². The number of amides is 2. The van der Waals surface area contributed by atoms with Crippen molar-refractivity contribution >= 4 is 11.8 Å². The highest BCUT2D eigenvalue weighted by Gasteiger charge is 2.31. The summed E-state index contributed by atoms with van der Waals surface area (Å²) in [6.45, 7) is 10.9. The Morgan fingerprint density at radius 2 is 1.81 bits per heavy atom. The second-order valence-corrected chi connectivity index (χ2v) is 6.39. The van der Waals surface area contributed by atoms with Gasteiger partial charge in [0.1, 0.15) is 6.04 Å². The third kappa shape index (κ3) is 5.30. The van der Waals surface area contributed by atoms with Gasteiger partial charge in [-0.2, -0.15) is 0 Å². The third-order valence-corrected chi connectivity index (χ3v) is 4.26. The molecule has 0 aliphatic carbocycles. The summed E-state index contributed by atoms with van der Waals surface area (Å²) in [5, 5.41) is 5.78. The highest BCUT2D eigenvalue weighted by atomic mass is 16.2. The Hall–Kier alpha value is -1.10. The Morgan fingerprint density at radius 1 is 1.14 bits per heavy atom. The Kier molecular flexibility index (Phi) is 7.15. The van der Waals surface area contributed by atoms with Gasteiger partial charge in [0.05, 0.1) is 6.04 Å². The monoisotopic (exact) mass is 297 g/mol. The molecule has 1 saturated heterocycles. The van der Waals surface area contributed by atoms with Crippen LogP contribution in [0.5, 0.6) is 0 Å². The minimum absolute atomic E-state index is 0.0183. The van der Waals surface area contributed by atoms with Crippen molar-refractivity contribution in [3.8, 4) is 0 Å². The van der Waals surface area contributed by atoms with E-state index in [1.165, 1.54) is 0 Å². The molecule has 3 unspecified atom stereocenters. The lowest BCUT2D eigenvalue weighted by molar-refractivity contribution is -0.133. The van der Waals surface area contributed by atoms with Gasteiger partial charge in [-0.05, 0) is 53.5 Å². The maximum Gasteiger partial charge on any atom is 0.242 e. The molecular weight excluding hydrogens is 266 g/mol. The molecule has 0 spiro atoms. The van der Waals surface area contributed by atoms with Crippen LogP contribution in [0.15, 0.2) is 0 Å². The maximum atomic E-state index is 12.5. The van der Waals surface area contributed by atoms with E-state index in [4.69, 9.17) is 0 Å². The zero-order valence-electron chi connectivity index (χ0n) is 14.1. The van der Waals surface area contributed by atoms with Crippen LogP contribution in [0, 0.1) is 0 Å². The molecule has 2 amide bonds. The van der Waals surface area contributed by atoms with Crippen molar-refractivity contribution in [3.63, 3.8) is 0 Å². The van der Waals surface area contributed by atoms with Crippen LogP contribution in [-0.2, 0) is 9.59 Å². The number of likely N-dealkylation sites (tertiary alicyclic amines) is 1. The maximum absolute atomic E-state index is 12.5. The Balaban J connectivity index is 2.56. The lowest BCUT2D eigenvalue weighted by Gasteiger charge is -2.38. The molecule has 0 aromatic carbocycles. The summed E-state index contributed by atoms with van der Waals surface area (Å²) in [7, 11) is 0. The van der Waals surface area contributed by atoms with Gasteiger partial charge < -0.3 is 10.6 Å². The van der Waals surface area contributed by atoms with Crippen molar-refractivity contribution in [2.24, 2.45) is 0 Å². The summed E-state index contributed by atoms with van der Waals surface area (Å²) in [6, 6.07) is -0.0935. The molecule has 0 aromatic heterocycles. The van der Waals surface area contributed by atoms with E-state index >= 15 is 0 Å². The average Bonchev–Trinajstić information content (AvgIpc) is 2.46. The van der Waals surface area contributed by atoms with Gasteiger partial charge in [-0.3, -0.25) is 14.5 Å². The molecule has 1 heterocycles. The molecule has 0 bridgehead atoms. The van der Waals surface area contributed by atoms with Crippen molar-refractivity contribution in [2.45, 2.75) is 84.5 Å². The fraction of sp³-hybridized carbons (Fsp3) is 0.875. The van der Waals surface area contributed by atoms with Crippen LogP contribution in [0.3, 0.4) is 0 Å². The lowest BCUT2D eigenvalue weighted by atomic mass is 9.99. The minimum atomic E-state index is -0.484. The molecule has 1 aliphatic heterocycles.